The number of H-pyrrole nitrogens is 1. The molecule has 0 saturated heterocycles. The van der Waals surface area contributed by atoms with Gasteiger partial charge >= 0.3 is 0 Å². The van der Waals surface area contributed by atoms with Crippen molar-refractivity contribution in [3.05, 3.63) is 78.0 Å². The molecule has 37 heavy (non-hydrogen) atoms. The third-order valence-electron chi connectivity index (χ3n) is 7.23. The highest BCUT2D eigenvalue weighted by atomic mass is 19.1. The van der Waals surface area contributed by atoms with Crippen molar-refractivity contribution in [3.63, 3.8) is 0 Å². The zero-order valence-corrected chi connectivity index (χ0v) is 20.4. The number of nitrogens with zero attached hydrogens (tertiary/aromatic N) is 4. The highest BCUT2D eigenvalue weighted by Crippen LogP contribution is 2.32. The predicted molar refractivity (Wildman–Crippen MR) is 138 cm³/mol. The maximum atomic E-state index is 14.1. The van der Waals surface area contributed by atoms with Gasteiger partial charge in [0.25, 0.3) is 5.91 Å². The van der Waals surface area contributed by atoms with Gasteiger partial charge in [-0.3, -0.25) is 19.6 Å². The molecule has 0 bridgehead atoms. The highest BCUT2D eigenvalue weighted by Gasteiger charge is 2.36. The van der Waals surface area contributed by atoms with Crippen molar-refractivity contribution in [2.24, 2.45) is 0 Å². The lowest BCUT2D eigenvalue weighted by atomic mass is 9.81. The molecule has 6 rings (SSSR count). The smallest absolute Gasteiger partial charge is 0.251 e. The van der Waals surface area contributed by atoms with Gasteiger partial charge in [-0.2, -0.15) is 10.2 Å². The molecule has 1 amide bonds. The summed E-state index contributed by atoms with van der Waals surface area (Å²) in [6.45, 7) is 2.16. The number of pyridine rings is 1. The number of carbonyl (C=O) groups excluding carboxylic acids is 1. The maximum absolute atomic E-state index is 14.1. The van der Waals surface area contributed by atoms with Crippen molar-refractivity contribution in [3.8, 4) is 11.3 Å². The second-order valence-corrected chi connectivity index (χ2v) is 9.98. The Kier molecular flexibility index (Phi) is 5.72. The van der Waals surface area contributed by atoms with E-state index in [1.54, 1.807) is 29.1 Å². The van der Waals surface area contributed by atoms with Crippen molar-refractivity contribution in [1.82, 2.24) is 30.3 Å². The van der Waals surface area contributed by atoms with E-state index in [1.807, 2.05) is 31.2 Å². The van der Waals surface area contributed by atoms with Crippen LogP contribution >= 0.6 is 0 Å². The molecule has 1 saturated carbocycles. The molecule has 9 heteroatoms. The molecule has 2 atom stereocenters. The minimum atomic E-state index is -1.05. The molecule has 1 aliphatic rings. The Morgan fingerprint density at radius 2 is 2.14 bits per heavy atom. The number of benzene rings is 2. The van der Waals surface area contributed by atoms with E-state index in [9.17, 15) is 14.3 Å². The van der Waals surface area contributed by atoms with E-state index in [0.29, 0.717) is 29.3 Å². The largest absolute Gasteiger partial charge is 0.388 e. The molecule has 0 spiro atoms. The first-order valence-electron chi connectivity index (χ1n) is 12.4. The minimum Gasteiger partial charge on any atom is -0.388 e. The number of nitrogens with one attached hydrogen (secondary N) is 2. The molecular formula is C28H27FN6O2. The SMILES string of the molecule is Cc1cc(-c2n[nH]c3ccc(C(=O)N[C@@H]4CCC[C@](O)(Cn5ncc6c(F)cccc65)C4)cc23)ccn1. The Morgan fingerprint density at radius 3 is 3.00 bits per heavy atom. The van der Waals surface area contributed by atoms with Crippen LogP contribution < -0.4 is 5.32 Å². The Morgan fingerprint density at radius 1 is 1.24 bits per heavy atom. The van der Waals surface area contributed by atoms with Crippen LogP contribution in [0.5, 0.6) is 0 Å². The average Bonchev–Trinajstić information content (AvgIpc) is 3.48. The number of amides is 1. The minimum absolute atomic E-state index is 0.188. The number of carbonyl (C=O) groups is 1. The van der Waals surface area contributed by atoms with Gasteiger partial charge in [0.2, 0.25) is 0 Å². The first-order chi connectivity index (χ1) is 17.9. The fourth-order valence-corrected chi connectivity index (χ4v) is 5.42. The third-order valence-corrected chi connectivity index (χ3v) is 7.23. The van der Waals surface area contributed by atoms with Crippen LogP contribution in [0.1, 0.15) is 41.7 Å². The van der Waals surface area contributed by atoms with Gasteiger partial charge < -0.3 is 10.4 Å². The molecule has 1 aliphatic carbocycles. The number of hydrogen-bond donors (Lipinski definition) is 3. The van der Waals surface area contributed by atoms with Crippen LogP contribution in [0.15, 0.2) is 60.9 Å². The van der Waals surface area contributed by atoms with Gasteiger partial charge in [-0.05, 0) is 75.1 Å². The fourth-order valence-electron chi connectivity index (χ4n) is 5.42. The summed E-state index contributed by atoms with van der Waals surface area (Å²) in [4.78, 5) is 17.5. The fraction of sp³-hybridized carbons (Fsp3) is 0.286. The van der Waals surface area contributed by atoms with E-state index in [1.165, 1.54) is 12.3 Å². The summed E-state index contributed by atoms with van der Waals surface area (Å²) in [5, 5.41) is 27.6. The molecule has 1 fully saturated rings. The van der Waals surface area contributed by atoms with Crippen LogP contribution in [0.4, 0.5) is 4.39 Å². The van der Waals surface area contributed by atoms with Crippen LogP contribution in [-0.2, 0) is 6.54 Å². The average molecular weight is 499 g/mol. The summed E-state index contributed by atoms with van der Waals surface area (Å²) in [6, 6.07) is 14.0. The molecule has 0 aliphatic heterocycles. The standard InChI is InChI=1S/C28H27FN6O2/c1-17-12-18(9-11-30-17)26-21-13-19(7-8-24(21)33-34-26)27(36)32-20-4-3-10-28(37,14-20)16-35-25-6-2-5-23(29)22(25)15-31-35/h2,5-9,11-13,15,20,37H,3-4,10,14,16H2,1H3,(H,32,36)(H,33,34)/t20-,28-/m1/s1. The van der Waals surface area contributed by atoms with Crippen molar-refractivity contribution >= 4 is 27.7 Å². The van der Waals surface area contributed by atoms with Gasteiger partial charge in [0.05, 0.1) is 34.8 Å². The molecular weight excluding hydrogens is 471 g/mol. The van der Waals surface area contributed by atoms with E-state index < -0.39 is 5.60 Å². The van der Waals surface area contributed by atoms with Crippen LogP contribution in [0.3, 0.4) is 0 Å². The molecule has 8 nitrogen and oxygen atoms in total. The van der Waals surface area contributed by atoms with Gasteiger partial charge in [-0.15, -0.1) is 0 Å². The zero-order chi connectivity index (χ0) is 25.6. The predicted octanol–water partition coefficient (Wildman–Crippen LogP) is 4.53. The van der Waals surface area contributed by atoms with E-state index in [0.717, 1.165) is 40.7 Å². The number of halogens is 1. The van der Waals surface area contributed by atoms with Crippen LogP contribution in [0.2, 0.25) is 0 Å². The number of rotatable bonds is 5. The quantitative estimate of drug-likeness (QED) is 0.330. The van der Waals surface area contributed by atoms with Crippen molar-refractivity contribution in [2.45, 2.75) is 50.8 Å². The number of hydrogen-bond acceptors (Lipinski definition) is 5. The summed E-state index contributed by atoms with van der Waals surface area (Å²) in [5.74, 6) is -0.526. The maximum Gasteiger partial charge on any atom is 0.251 e. The molecule has 0 unspecified atom stereocenters. The van der Waals surface area contributed by atoms with Gasteiger partial charge in [-0.25, -0.2) is 4.39 Å². The number of aromatic nitrogens is 5. The second-order valence-electron chi connectivity index (χ2n) is 9.98. The lowest BCUT2D eigenvalue weighted by molar-refractivity contribution is -0.0227. The third kappa shape index (κ3) is 4.46. The van der Waals surface area contributed by atoms with Gasteiger partial charge in [-0.1, -0.05) is 6.07 Å². The normalized spacial score (nSPS) is 19.9. The molecule has 0 radical (unpaired) electrons. The molecule has 2 aromatic carbocycles. The van der Waals surface area contributed by atoms with Crippen LogP contribution in [0.25, 0.3) is 33.1 Å². The van der Waals surface area contributed by atoms with E-state index in [2.05, 4.69) is 25.6 Å². The summed E-state index contributed by atoms with van der Waals surface area (Å²) < 4.78 is 15.7. The summed E-state index contributed by atoms with van der Waals surface area (Å²) >= 11 is 0. The highest BCUT2D eigenvalue weighted by molar-refractivity contribution is 6.01. The molecule has 3 heterocycles. The topological polar surface area (TPSA) is 109 Å². The number of aromatic amines is 1. The molecule has 5 aromatic rings. The Bertz CT molecular complexity index is 1630. The molecule has 3 N–H and O–H groups in total. The Labute approximate surface area is 212 Å². The monoisotopic (exact) mass is 498 g/mol. The van der Waals surface area contributed by atoms with Gasteiger partial charge in [0.1, 0.15) is 11.5 Å². The number of aryl methyl sites for hydroxylation is 1. The first kappa shape index (κ1) is 23.3. The summed E-state index contributed by atoms with van der Waals surface area (Å²) in [7, 11) is 0. The Hall–Kier alpha value is -4.11. The zero-order valence-electron chi connectivity index (χ0n) is 20.4. The van der Waals surface area contributed by atoms with Crippen LogP contribution in [0, 0.1) is 12.7 Å². The van der Waals surface area contributed by atoms with Gasteiger partial charge in [0, 0.05) is 34.4 Å². The Balaban J connectivity index is 1.20. The van der Waals surface area contributed by atoms with Crippen molar-refractivity contribution in [2.75, 3.05) is 0 Å². The first-order valence-corrected chi connectivity index (χ1v) is 12.4. The van der Waals surface area contributed by atoms with E-state index >= 15 is 0 Å². The second kappa shape index (κ2) is 9.08. The van der Waals surface area contributed by atoms with Crippen molar-refractivity contribution in [1.29, 1.82) is 0 Å². The van der Waals surface area contributed by atoms with E-state index in [-0.39, 0.29) is 24.3 Å². The molecule has 188 valence electrons. The number of aliphatic hydroxyl groups is 1. The van der Waals surface area contributed by atoms with Crippen LogP contribution in [-0.4, -0.2) is 47.6 Å². The summed E-state index contributed by atoms with van der Waals surface area (Å²) in [6.07, 6.45) is 5.76. The summed E-state index contributed by atoms with van der Waals surface area (Å²) in [5.41, 5.74) is 3.56. The van der Waals surface area contributed by atoms with Crippen molar-refractivity contribution < 1.29 is 14.3 Å². The van der Waals surface area contributed by atoms with E-state index in [4.69, 9.17) is 0 Å². The number of fused-ring (bicyclic) bond motifs is 2. The lowest BCUT2D eigenvalue weighted by Crippen LogP contribution is -2.47. The lowest BCUT2D eigenvalue weighted by Gasteiger charge is -2.37. The van der Waals surface area contributed by atoms with Gasteiger partial charge in [0.15, 0.2) is 0 Å². The molecule has 3 aromatic heterocycles.